The molecule has 0 saturated carbocycles. The van der Waals surface area contributed by atoms with Crippen molar-refractivity contribution in [3.8, 4) is 0 Å². The van der Waals surface area contributed by atoms with Crippen LogP contribution < -0.4 is 5.32 Å². The number of hydrogen-bond donors (Lipinski definition) is 1. The molecule has 0 bridgehead atoms. The van der Waals surface area contributed by atoms with Crippen molar-refractivity contribution in [2.24, 2.45) is 0 Å². The first-order chi connectivity index (χ1) is 14.5. The van der Waals surface area contributed by atoms with Gasteiger partial charge in [0.05, 0.1) is 5.69 Å². The number of amides is 1. The fourth-order valence-electron chi connectivity index (χ4n) is 3.93. The number of nitrogens with one attached hydrogen (secondary N) is 1. The number of rotatable bonds is 7. The van der Waals surface area contributed by atoms with Gasteiger partial charge in [-0.2, -0.15) is 0 Å². The first-order valence-corrected chi connectivity index (χ1v) is 11.7. The summed E-state index contributed by atoms with van der Waals surface area (Å²) in [5.74, 6) is 0.800. The standard InChI is InChI=1S/C24H30N4OS/c1-24(2,28-14-5-3-6-15-28)18-25-23(29)19-9-11-21(12-10-19)30-17-20-16-27-13-7-4-8-22(27)26-20/h4,7-13,16H,3,5-6,14-15,17-18H2,1-2H3,(H,25,29). The molecule has 0 unspecified atom stereocenters. The highest BCUT2D eigenvalue weighted by atomic mass is 32.2. The minimum Gasteiger partial charge on any atom is -0.350 e. The second-order valence-electron chi connectivity index (χ2n) is 8.55. The van der Waals surface area contributed by atoms with E-state index in [-0.39, 0.29) is 11.4 Å². The lowest BCUT2D eigenvalue weighted by molar-refractivity contribution is 0.0797. The van der Waals surface area contributed by atoms with Crippen molar-refractivity contribution < 1.29 is 4.79 Å². The largest absolute Gasteiger partial charge is 0.350 e. The predicted octanol–water partition coefficient (Wildman–Crippen LogP) is 4.62. The number of likely N-dealkylation sites (tertiary alicyclic amines) is 1. The summed E-state index contributed by atoms with van der Waals surface area (Å²) in [6.07, 6.45) is 7.90. The number of benzene rings is 1. The number of nitrogens with zero attached hydrogens (tertiary/aromatic N) is 3. The molecule has 0 aliphatic carbocycles. The quantitative estimate of drug-likeness (QED) is 0.565. The third-order valence-electron chi connectivity index (χ3n) is 5.81. The van der Waals surface area contributed by atoms with Gasteiger partial charge in [-0.1, -0.05) is 12.5 Å². The Labute approximate surface area is 182 Å². The number of hydrogen-bond acceptors (Lipinski definition) is 4. The minimum absolute atomic E-state index is 0.00279. The monoisotopic (exact) mass is 422 g/mol. The zero-order valence-electron chi connectivity index (χ0n) is 17.8. The van der Waals surface area contributed by atoms with Gasteiger partial charge in [-0.3, -0.25) is 9.69 Å². The van der Waals surface area contributed by atoms with Gasteiger partial charge in [-0.15, -0.1) is 11.8 Å². The molecule has 1 fully saturated rings. The highest BCUT2D eigenvalue weighted by molar-refractivity contribution is 7.98. The Balaban J connectivity index is 1.29. The summed E-state index contributed by atoms with van der Waals surface area (Å²) in [4.78, 5) is 20.9. The molecule has 1 aliphatic heterocycles. The Morgan fingerprint density at radius 3 is 2.60 bits per heavy atom. The lowest BCUT2D eigenvalue weighted by Gasteiger charge is -2.41. The average Bonchev–Trinajstić information content (AvgIpc) is 3.20. The molecule has 2 aromatic heterocycles. The second kappa shape index (κ2) is 9.23. The molecule has 4 rings (SSSR count). The van der Waals surface area contributed by atoms with Gasteiger partial charge in [0.25, 0.3) is 5.91 Å². The van der Waals surface area contributed by atoms with Crippen LogP contribution in [0.4, 0.5) is 0 Å². The summed E-state index contributed by atoms with van der Waals surface area (Å²) >= 11 is 1.73. The number of aromatic nitrogens is 2. The van der Waals surface area contributed by atoms with Crippen molar-refractivity contribution in [3.63, 3.8) is 0 Å². The van der Waals surface area contributed by atoms with E-state index >= 15 is 0 Å². The summed E-state index contributed by atoms with van der Waals surface area (Å²) in [5, 5.41) is 3.13. The molecule has 0 radical (unpaired) electrons. The van der Waals surface area contributed by atoms with Crippen LogP contribution in [0.1, 0.15) is 49.2 Å². The molecule has 0 atom stereocenters. The number of piperidine rings is 1. The summed E-state index contributed by atoms with van der Waals surface area (Å²) < 4.78 is 2.04. The molecule has 0 spiro atoms. The molecule has 1 N–H and O–H groups in total. The van der Waals surface area contributed by atoms with Gasteiger partial charge in [0.2, 0.25) is 0 Å². The van der Waals surface area contributed by atoms with Crippen molar-refractivity contribution in [2.75, 3.05) is 19.6 Å². The van der Waals surface area contributed by atoms with Gasteiger partial charge in [-0.25, -0.2) is 4.98 Å². The van der Waals surface area contributed by atoms with Crippen molar-refractivity contribution in [1.29, 1.82) is 0 Å². The third kappa shape index (κ3) is 5.05. The third-order valence-corrected chi connectivity index (χ3v) is 6.86. The van der Waals surface area contributed by atoms with Crippen LogP contribution in [-0.4, -0.2) is 45.4 Å². The van der Waals surface area contributed by atoms with E-state index in [0.717, 1.165) is 35.1 Å². The number of thioether (sulfide) groups is 1. The van der Waals surface area contributed by atoms with E-state index < -0.39 is 0 Å². The lowest BCUT2D eigenvalue weighted by atomic mass is 9.98. The fourth-order valence-corrected chi connectivity index (χ4v) is 4.71. The first kappa shape index (κ1) is 20.9. The van der Waals surface area contributed by atoms with Gasteiger partial charge in [-0.05, 0) is 76.2 Å². The molecule has 5 nitrogen and oxygen atoms in total. The van der Waals surface area contributed by atoms with Gasteiger partial charge < -0.3 is 9.72 Å². The lowest BCUT2D eigenvalue weighted by Crippen LogP contribution is -2.53. The van der Waals surface area contributed by atoms with Crippen LogP contribution >= 0.6 is 11.8 Å². The summed E-state index contributed by atoms with van der Waals surface area (Å²) in [7, 11) is 0. The highest BCUT2D eigenvalue weighted by Crippen LogP contribution is 2.23. The molecule has 158 valence electrons. The minimum atomic E-state index is -0.0139. The van der Waals surface area contributed by atoms with Crippen LogP contribution in [0.2, 0.25) is 0 Å². The number of imidazole rings is 1. The SMILES string of the molecule is CC(C)(CNC(=O)c1ccc(SCc2cn3ccccc3n2)cc1)N1CCCCC1. The van der Waals surface area contributed by atoms with Crippen LogP contribution in [0.25, 0.3) is 5.65 Å². The van der Waals surface area contributed by atoms with Crippen molar-refractivity contribution in [1.82, 2.24) is 19.6 Å². The van der Waals surface area contributed by atoms with Crippen LogP contribution in [0.5, 0.6) is 0 Å². The van der Waals surface area contributed by atoms with E-state index in [9.17, 15) is 4.79 Å². The number of carbonyl (C=O) groups is 1. The summed E-state index contributed by atoms with van der Waals surface area (Å²) in [5.41, 5.74) is 2.71. The van der Waals surface area contributed by atoms with Crippen LogP contribution in [0.15, 0.2) is 59.8 Å². The maximum atomic E-state index is 12.6. The zero-order valence-corrected chi connectivity index (χ0v) is 18.6. The molecule has 30 heavy (non-hydrogen) atoms. The Hall–Kier alpha value is -2.31. The van der Waals surface area contributed by atoms with Crippen LogP contribution in [0.3, 0.4) is 0 Å². The van der Waals surface area contributed by atoms with Crippen molar-refractivity contribution in [3.05, 3.63) is 66.1 Å². The van der Waals surface area contributed by atoms with E-state index in [1.54, 1.807) is 11.8 Å². The highest BCUT2D eigenvalue weighted by Gasteiger charge is 2.28. The van der Waals surface area contributed by atoms with Crippen molar-refractivity contribution >= 4 is 23.3 Å². The molecular formula is C24H30N4OS. The first-order valence-electron chi connectivity index (χ1n) is 10.7. The van der Waals surface area contributed by atoms with E-state index in [1.807, 2.05) is 53.1 Å². The molecule has 6 heteroatoms. The molecule has 1 aromatic carbocycles. The van der Waals surface area contributed by atoms with Crippen molar-refractivity contribution in [2.45, 2.75) is 49.3 Å². The topological polar surface area (TPSA) is 49.6 Å². The fraction of sp³-hybridized carbons (Fsp3) is 0.417. The van der Waals surface area contributed by atoms with E-state index in [4.69, 9.17) is 0 Å². The Kier molecular flexibility index (Phi) is 6.44. The summed E-state index contributed by atoms with van der Waals surface area (Å²) in [6, 6.07) is 13.9. The number of carbonyl (C=O) groups excluding carboxylic acids is 1. The molecule has 1 amide bonds. The molecular weight excluding hydrogens is 392 g/mol. The van der Waals surface area contributed by atoms with E-state index in [1.165, 1.54) is 19.3 Å². The number of fused-ring (bicyclic) bond motifs is 1. The van der Waals surface area contributed by atoms with E-state index in [0.29, 0.717) is 12.1 Å². The zero-order chi connectivity index (χ0) is 21.0. The van der Waals surface area contributed by atoms with Gasteiger partial charge >= 0.3 is 0 Å². The summed E-state index contributed by atoms with van der Waals surface area (Å²) in [6.45, 7) is 7.35. The van der Waals surface area contributed by atoms with Gasteiger partial charge in [0.15, 0.2) is 0 Å². The Morgan fingerprint density at radius 2 is 1.87 bits per heavy atom. The van der Waals surface area contributed by atoms with Crippen LogP contribution in [-0.2, 0) is 5.75 Å². The Morgan fingerprint density at radius 1 is 1.10 bits per heavy atom. The van der Waals surface area contributed by atoms with Crippen LogP contribution in [0, 0.1) is 0 Å². The second-order valence-corrected chi connectivity index (χ2v) is 9.60. The van der Waals surface area contributed by atoms with E-state index in [2.05, 4.69) is 35.2 Å². The smallest absolute Gasteiger partial charge is 0.251 e. The maximum absolute atomic E-state index is 12.6. The Bertz CT molecular complexity index is 957. The maximum Gasteiger partial charge on any atom is 0.251 e. The average molecular weight is 423 g/mol. The molecule has 3 heterocycles. The predicted molar refractivity (Wildman–Crippen MR) is 123 cm³/mol. The molecule has 1 saturated heterocycles. The van der Waals surface area contributed by atoms with Gasteiger partial charge in [0, 0.05) is 40.7 Å². The molecule has 1 aliphatic rings. The normalized spacial score (nSPS) is 15.4. The molecule has 3 aromatic rings. The number of pyridine rings is 1. The van der Waals surface area contributed by atoms with Gasteiger partial charge in [0.1, 0.15) is 5.65 Å².